The van der Waals surface area contributed by atoms with Gasteiger partial charge in [0.25, 0.3) is 0 Å². The fraction of sp³-hybridized carbons (Fsp3) is 0.545. The van der Waals surface area contributed by atoms with E-state index < -0.39 is 5.97 Å². The molecule has 1 aromatic heterocycles. The zero-order valence-electron chi connectivity index (χ0n) is 8.33. The van der Waals surface area contributed by atoms with E-state index in [0.29, 0.717) is 11.5 Å². The van der Waals surface area contributed by atoms with Crippen molar-refractivity contribution in [3.63, 3.8) is 0 Å². The molecule has 0 atom stereocenters. The van der Waals surface area contributed by atoms with E-state index in [0.717, 1.165) is 3.79 Å². The number of hydrogen-bond donors (Lipinski definition) is 1. The minimum absolute atomic E-state index is 0.417. The number of carbonyl (C=O) groups is 1. The minimum Gasteiger partial charge on any atom is -0.478 e. The zero-order valence-corrected chi connectivity index (χ0v) is 10.7. The van der Waals surface area contributed by atoms with Gasteiger partial charge in [0.2, 0.25) is 0 Å². The van der Waals surface area contributed by atoms with Gasteiger partial charge >= 0.3 is 5.97 Å². The summed E-state index contributed by atoms with van der Waals surface area (Å²) in [6.45, 7) is 0. The Morgan fingerprint density at radius 3 is 2.60 bits per heavy atom. The standard InChI is InChI=1S/C11H13BrO2S/c12-10-8(11(13)14)6-9(15-10)7-4-2-1-3-5-7/h6-7H,1-5H2,(H,13,14). The monoisotopic (exact) mass is 288 g/mol. The van der Waals surface area contributed by atoms with E-state index in [9.17, 15) is 4.79 Å². The van der Waals surface area contributed by atoms with Gasteiger partial charge in [-0.25, -0.2) is 4.79 Å². The molecule has 1 aliphatic carbocycles. The molecule has 1 saturated carbocycles. The molecular formula is C11H13BrO2S. The third-order valence-corrected chi connectivity index (χ3v) is 4.94. The lowest BCUT2D eigenvalue weighted by Crippen LogP contribution is -2.02. The third-order valence-electron chi connectivity index (χ3n) is 2.94. The van der Waals surface area contributed by atoms with Crippen molar-refractivity contribution < 1.29 is 9.90 Å². The lowest BCUT2D eigenvalue weighted by Gasteiger charge is -2.19. The first kappa shape index (κ1) is 11.1. The molecule has 0 saturated heterocycles. The molecule has 0 amide bonds. The summed E-state index contributed by atoms with van der Waals surface area (Å²) in [6.07, 6.45) is 6.32. The number of carboxylic acids is 1. The molecule has 15 heavy (non-hydrogen) atoms. The van der Waals surface area contributed by atoms with Crippen molar-refractivity contribution in [3.8, 4) is 0 Å². The zero-order chi connectivity index (χ0) is 10.8. The van der Waals surface area contributed by atoms with Crippen molar-refractivity contribution in [2.24, 2.45) is 0 Å². The lowest BCUT2D eigenvalue weighted by atomic mass is 9.88. The van der Waals surface area contributed by atoms with Crippen molar-refractivity contribution in [2.75, 3.05) is 0 Å². The van der Waals surface area contributed by atoms with Gasteiger partial charge in [-0.3, -0.25) is 0 Å². The van der Waals surface area contributed by atoms with E-state index in [4.69, 9.17) is 5.11 Å². The van der Waals surface area contributed by atoms with Crippen LogP contribution in [0.1, 0.15) is 53.3 Å². The first-order valence-electron chi connectivity index (χ1n) is 5.21. The SMILES string of the molecule is O=C(O)c1cc(C2CCCCC2)sc1Br. The van der Waals surface area contributed by atoms with Gasteiger partial charge < -0.3 is 5.11 Å². The van der Waals surface area contributed by atoms with Crippen LogP contribution in [0.4, 0.5) is 0 Å². The maximum absolute atomic E-state index is 10.9. The molecule has 0 bridgehead atoms. The average molecular weight is 289 g/mol. The molecule has 1 aromatic rings. The minimum atomic E-state index is -0.833. The Morgan fingerprint density at radius 2 is 2.07 bits per heavy atom. The van der Waals surface area contributed by atoms with Crippen LogP contribution in [0, 0.1) is 0 Å². The Kier molecular flexibility index (Phi) is 3.46. The van der Waals surface area contributed by atoms with Gasteiger partial charge in [-0.2, -0.15) is 0 Å². The predicted octanol–water partition coefficient (Wildman–Crippen LogP) is 4.26. The van der Waals surface area contributed by atoms with Gasteiger partial charge in [0.1, 0.15) is 0 Å². The van der Waals surface area contributed by atoms with E-state index >= 15 is 0 Å². The molecule has 0 unspecified atom stereocenters. The van der Waals surface area contributed by atoms with E-state index in [-0.39, 0.29) is 0 Å². The van der Waals surface area contributed by atoms with Crippen molar-refractivity contribution in [1.29, 1.82) is 0 Å². The molecule has 1 fully saturated rings. The van der Waals surface area contributed by atoms with Gasteiger partial charge in [0.15, 0.2) is 0 Å². The van der Waals surface area contributed by atoms with Crippen LogP contribution in [0.15, 0.2) is 9.85 Å². The summed E-state index contributed by atoms with van der Waals surface area (Å²) in [7, 11) is 0. The molecular weight excluding hydrogens is 276 g/mol. The average Bonchev–Trinajstić information content (AvgIpc) is 2.62. The molecule has 0 spiro atoms. The fourth-order valence-electron chi connectivity index (χ4n) is 2.12. The number of halogens is 1. The van der Waals surface area contributed by atoms with Crippen LogP contribution in [-0.2, 0) is 0 Å². The third kappa shape index (κ3) is 2.42. The van der Waals surface area contributed by atoms with Crippen molar-refractivity contribution in [3.05, 3.63) is 20.3 Å². The molecule has 1 aliphatic rings. The molecule has 0 aromatic carbocycles. The summed E-state index contributed by atoms with van der Waals surface area (Å²) < 4.78 is 0.760. The van der Waals surface area contributed by atoms with Crippen LogP contribution in [0.25, 0.3) is 0 Å². The maximum Gasteiger partial charge on any atom is 0.337 e. The predicted molar refractivity (Wildman–Crippen MR) is 64.8 cm³/mol. The highest BCUT2D eigenvalue weighted by molar-refractivity contribution is 9.11. The van der Waals surface area contributed by atoms with Gasteiger partial charge in [-0.1, -0.05) is 19.3 Å². The number of rotatable bonds is 2. The normalized spacial score (nSPS) is 17.9. The van der Waals surface area contributed by atoms with E-state index in [1.165, 1.54) is 37.0 Å². The highest BCUT2D eigenvalue weighted by atomic mass is 79.9. The number of thiophene rings is 1. The van der Waals surface area contributed by atoms with Crippen LogP contribution in [0.3, 0.4) is 0 Å². The molecule has 1 N–H and O–H groups in total. The highest BCUT2D eigenvalue weighted by Crippen LogP contribution is 2.39. The Hall–Kier alpha value is -0.350. The van der Waals surface area contributed by atoms with Crippen molar-refractivity contribution in [1.82, 2.24) is 0 Å². The molecule has 0 aliphatic heterocycles. The molecule has 0 radical (unpaired) electrons. The Morgan fingerprint density at radius 1 is 1.40 bits per heavy atom. The smallest absolute Gasteiger partial charge is 0.337 e. The van der Waals surface area contributed by atoms with Crippen LogP contribution >= 0.6 is 27.3 Å². The van der Waals surface area contributed by atoms with Crippen molar-refractivity contribution >= 4 is 33.2 Å². The Bertz CT molecular complexity index is 367. The fourth-order valence-corrected chi connectivity index (χ4v) is 4.01. The molecule has 4 heteroatoms. The van der Waals surface area contributed by atoms with Gasteiger partial charge in [0.05, 0.1) is 9.35 Å². The second kappa shape index (κ2) is 4.66. The molecule has 82 valence electrons. The number of hydrogen-bond acceptors (Lipinski definition) is 2. The Balaban J connectivity index is 2.21. The number of aromatic carboxylic acids is 1. The van der Waals surface area contributed by atoms with Crippen molar-refractivity contribution in [2.45, 2.75) is 38.0 Å². The van der Waals surface area contributed by atoms with Crippen LogP contribution in [-0.4, -0.2) is 11.1 Å². The largest absolute Gasteiger partial charge is 0.478 e. The van der Waals surface area contributed by atoms with E-state index in [1.807, 2.05) is 6.07 Å². The summed E-state index contributed by atoms with van der Waals surface area (Å²) in [6, 6.07) is 1.84. The van der Waals surface area contributed by atoms with E-state index in [1.54, 1.807) is 11.3 Å². The second-order valence-corrected chi connectivity index (χ2v) is 6.38. The van der Waals surface area contributed by atoms with Gasteiger partial charge in [-0.15, -0.1) is 11.3 Å². The van der Waals surface area contributed by atoms with Gasteiger partial charge in [-0.05, 0) is 40.8 Å². The number of carboxylic acid groups (broad SMARTS) is 1. The quantitative estimate of drug-likeness (QED) is 0.883. The van der Waals surface area contributed by atoms with Crippen LogP contribution < -0.4 is 0 Å². The van der Waals surface area contributed by atoms with Gasteiger partial charge in [0, 0.05) is 4.88 Å². The molecule has 2 rings (SSSR count). The molecule has 1 heterocycles. The summed E-state index contributed by atoms with van der Waals surface area (Å²) in [4.78, 5) is 12.1. The highest BCUT2D eigenvalue weighted by Gasteiger charge is 2.21. The van der Waals surface area contributed by atoms with E-state index in [2.05, 4.69) is 15.9 Å². The summed E-state index contributed by atoms with van der Waals surface area (Å²) >= 11 is 4.91. The first-order valence-corrected chi connectivity index (χ1v) is 6.82. The lowest BCUT2D eigenvalue weighted by molar-refractivity contribution is 0.0696. The van der Waals surface area contributed by atoms with Crippen LogP contribution in [0.2, 0.25) is 0 Å². The summed E-state index contributed by atoms with van der Waals surface area (Å²) in [5, 5.41) is 8.95. The summed E-state index contributed by atoms with van der Waals surface area (Å²) in [5.41, 5.74) is 0.417. The topological polar surface area (TPSA) is 37.3 Å². The molecule has 2 nitrogen and oxygen atoms in total. The van der Waals surface area contributed by atoms with Crippen LogP contribution in [0.5, 0.6) is 0 Å². The maximum atomic E-state index is 10.9. The Labute approximate surface area is 101 Å². The summed E-state index contributed by atoms with van der Waals surface area (Å²) in [5.74, 6) is -0.242. The second-order valence-electron chi connectivity index (χ2n) is 3.98. The first-order chi connectivity index (χ1) is 7.18.